The molecule has 4 atom stereocenters. The summed E-state index contributed by atoms with van der Waals surface area (Å²) in [5.74, 6) is -7.15. The van der Waals surface area contributed by atoms with Gasteiger partial charge in [-0.15, -0.1) is 16.9 Å². The van der Waals surface area contributed by atoms with Crippen LogP contribution in [-0.2, 0) is 44.7 Å². The molecule has 0 spiro atoms. The van der Waals surface area contributed by atoms with Crippen LogP contribution in [0.15, 0.2) is 57.6 Å². The van der Waals surface area contributed by atoms with Crippen molar-refractivity contribution < 1.29 is 76.6 Å². The van der Waals surface area contributed by atoms with E-state index in [0.717, 1.165) is 52.2 Å². The van der Waals surface area contributed by atoms with Crippen LogP contribution in [0.1, 0.15) is 41.6 Å². The number of benzene rings is 2. The van der Waals surface area contributed by atoms with Crippen LogP contribution in [0.4, 0.5) is 9.59 Å². The van der Waals surface area contributed by atoms with Gasteiger partial charge in [0.05, 0.1) is 31.3 Å². The molecule has 2 aliphatic rings. The number of phenols is 1. The highest BCUT2D eigenvalue weighted by atomic mass is 32.2. The van der Waals surface area contributed by atoms with Gasteiger partial charge in [0.15, 0.2) is 17.3 Å². The second kappa shape index (κ2) is 18.7. The Labute approximate surface area is 362 Å². The molecule has 1 fully saturated rings. The van der Waals surface area contributed by atoms with E-state index in [-0.39, 0.29) is 46.9 Å². The third kappa shape index (κ3) is 8.70. The number of carboxylic acids is 1. The normalized spacial score (nSPS) is 18.3. The Morgan fingerprint density at radius 3 is 2.25 bits per heavy atom. The number of hydrogen-bond acceptors (Lipinski definition) is 21. The largest absolute Gasteiger partial charge is 0.513 e. The number of esters is 1. The van der Waals surface area contributed by atoms with E-state index in [1.807, 2.05) is 0 Å². The highest BCUT2D eigenvalue weighted by Gasteiger charge is 2.66. The fraction of sp³-hybridized carbons (Fsp3) is 0.297. The summed E-state index contributed by atoms with van der Waals surface area (Å²) in [6.45, 7) is 2.20. The average molecular weight is 912 g/mol. The minimum Gasteiger partial charge on any atom is -0.508 e. The monoisotopic (exact) mass is 911 g/mol. The van der Waals surface area contributed by atoms with Crippen molar-refractivity contribution in [3.8, 4) is 17.2 Å². The van der Waals surface area contributed by atoms with E-state index in [2.05, 4.69) is 26.2 Å². The highest BCUT2D eigenvalue weighted by molar-refractivity contribution is 8.01. The maximum Gasteiger partial charge on any atom is 0.513 e. The molecule has 2 aromatic heterocycles. The Kier molecular flexibility index (Phi) is 13.4. The van der Waals surface area contributed by atoms with E-state index in [4.69, 9.17) is 45.1 Å². The molecule has 4 aromatic rings. The van der Waals surface area contributed by atoms with Crippen LogP contribution in [-0.4, -0.2) is 126 Å². The number of β-lactam (4-membered cyclic amide) rings is 1. The maximum absolute atomic E-state index is 14.5. The second-order valence-electron chi connectivity index (χ2n) is 12.8. The molecule has 1 saturated heterocycles. The molecule has 6 rings (SSSR count). The number of tetrazole rings is 1. The van der Waals surface area contributed by atoms with Crippen molar-refractivity contribution >= 4 is 87.9 Å². The molecule has 0 bridgehead atoms. The van der Waals surface area contributed by atoms with Crippen molar-refractivity contribution in [3.63, 3.8) is 0 Å². The van der Waals surface area contributed by atoms with E-state index in [1.165, 1.54) is 45.2 Å². The number of phenolic OH excluding ortho intramolecular Hbond substituents is 1. The summed E-state index contributed by atoms with van der Waals surface area (Å²) in [5, 5.41) is 34.9. The number of rotatable bonds is 15. The Morgan fingerprint density at radius 2 is 1.67 bits per heavy atom. The second-order valence-corrected chi connectivity index (χ2v) is 14.2. The van der Waals surface area contributed by atoms with Crippen LogP contribution in [0.3, 0.4) is 0 Å². The van der Waals surface area contributed by atoms with Crippen molar-refractivity contribution in [3.05, 3.63) is 75.5 Å². The highest BCUT2D eigenvalue weighted by Crippen LogP contribution is 2.51. The lowest BCUT2D eigenvalue weighted by molar-refractivity contribution is -0.169. The van der Waals surface area contributed by atoms with Crippen LogP contribution in [0, 0.1) is 0 Å². The summed E-state index contributed by atoms with van der Waals surface area (Å²) in [5.41, 5.74) is -4.83. The van der Waals surface area contributed by atoms with Crippen LogP contribution in [0.2, 0.25) is 0 Å². The minimum atomic E-state index is -1.84. The number of hydrogen-bond donors (Lipinski definition) is 4. The first-order chi connectivity index (χ1) is 30.1. The number of nitrogens with zero attached hydrogens (tertiary/aromatic N) is 5. The first kappa shape index (κ1) is 45.1. The lowest BCUT2D eigenvalue weighted by Gasteiger charge is -2.55. The van der Waals surface area contributed by atoms with Gasteiger partial charge in [-0.2, -0.15) is 0 Å². The van der Waals surface area contributed by atoms with Crippen LogP contribution < -0.4 is 25.5 Å². The van der Waals surface area contributed by atoms with Gasteiger partial charge in [-0.1, -0.05) is 24.4 Å². The topological polar surface area (TPSA) is 316 Å². The Morgan fingerprint density at radius 1 is 1.02 bits per heavy atom. The van der Waals surface area contributed by atoms with Crippen LogP contribution >= 0.6 is 24.0 Å². The molecule has 2 aromatic carbocycles. The quantitative estimate of drug-likeness (QED) is 0.0431. The lowest BCUT2D eigenvalue weighted by Crippen LogP contribution is -2.76. The number of amides is 3. The predicted octanol–water partition coefficient (Wildman–Crippen LogP) is 1.44. The molecule has 3 amide bonds. The molecular weight excluding hydrogens is 879 g/mol. The summed E-state index contributed by atoms with van der Waals surface area (Å²) in [7, 11) is 2.26. The first-order valence-electron chi connectivity index (χ1n) is 18.1. The molecule has 63 heavy (non-hydrogen) atoms. The van der Waals surface area contributed by atoms with Crippen molar-refractivity contribution in [2.45, 2.75) is 42.8 Å². The molecule has 2 aliphatic heterocycles. The van der Waals surface area contributed by atoms with Gasteiger partial charge >= 0.3 is 24.2 Å². The Hall–Kier alpha value is -7.45. The van der Waals surface area contributed by atoms with Crippen LogP contribution in [0.25, 0.3) is 16.5 Å². The standard InChI is InChI=1S/C37H33N7O17S2/c1-5-57-35(53)60-21-11-18-20(12-22(21)61-36(54)58-6-2)59-14-19(27(18)47)29(48)38-25(16-7-9-17(45)10-8-16)30(49)39-31-24(28-40-41-42-43(28)13-23(46)55-3)26(32(50)51)44-33(52)37(15-62,56-4)34(44)63-31/h7-12,14-15,25,31,34,45H,5-6,13H2,1-4H3,(H,38,48)(H,39,49)(H,50,51)/t25?,31?,34-,37-/m0/s1. The number of carboxylic acid groups (broad SMARTS) is 1. The number of aliphatic carboxylic acids is 1. The SMILES string of the molecule is CCOC(=O)Oc1cc2occ(C(=O)NC(C(=O)NC3S[C@@H]4N(C(=O)[C@]4(C=S)OC)C(C(=O)O)=C3c3nnnn3CC(=O)OC)c3ccc(O)cc3)c(=O)c2cc1OC(=O)OCC. The fourth-order valence-corrected chi connectivity index (χ4v) is 8.25. The molecule has 4 heterocycles. The van der Waals surface area contributed by atoms with E-state index >= 15 is 0 Å². The summed E-state index contributed by atoms with van der Waals surface area (Å²) < 4.78 is 36.4. The zero-order valence-electron chi connectivity index (χ0n) is 33.0. The van der Waals surface area contributed by atoms with Gasteiger partial charge in [0, 0.05) is 18.5 Å². The van der Waals surface area contributed by atoms with Gasteiger partial charge in [-0.25, -0.2) is 19.1 Å². The summed E-state index contributed by atoms with van der Waals surface area (Å²) in [6, 6.07) is 5.16. The number of thioether (sulfide) groups is 1. The van der Waals surface area contributed by atoms with Gasteiger partial charge in [0.25, 0.3) is 11.8 Å². The van der Waals surface area contributed by atoms with E-state index in [1.54, 1.807) is 0 Å². The molecule has 24 nitrogen and oxygen atoms in total. The minimum absolute atomic E-state index is 0.0283. The number of ether oxygens (including phenoxy) is 6. The third-order valence-corrected chi connectivity index (χ3v) is 11.0. The molecule has 2 unspecified atom stereocenters. The summed E-state index contributed by atoms with van der Waals surface area (Å²) >= 11 is 5.90. The van der Waals surface area contributed by atoms with Crippen molar-refractivity contribution in [2.75, 3.05) is 27.4 Å². The number of fused-ring (bicyclic) bond motifs is 2. The van der Waals surface area contributed by atoms with Gasteiger partial charge in [-0.3, -0.25) is 28.9 Å². The fourth-order valence-electron chi connectivity index (χ4n) is 6.26. The smallest absolute Gasteiger partial charge is 0.508 e. The van der Waals surface area contributed by atoms with E-state index in [0.29, 0.717) is 0 Å². The first-order valence-corrected chi connectivity index (χ1v) is 19.5. The number of carbonyl (C=O) groups excluding carboxylic acids is 6. The zero-order valence-corrected chi connectivity index (χ0v) is 34.7. The van der Waals surface area contributed by atoms with E-state index < -0.39 is 99.1 Å². The maximum atomic E-state index is 14.5. The zero-order chi connectivity index (χ0) is 45.7. The van der Waals surface area contributed by atoms with Gasteiger partial charge in [-0.05, 0) is 48.0 Å². The number of aromatic nitrogens is 4. The lowest BCUT2D eigenvalue weighted by atomic mass is 9.91. The number of methoxy groups -OCH3 is 2. The predicted molar refractivity (Wildman–Crippen MR) is 214 cm³/mol. The number of aromatic hydroxyl groups is 1. The third-order valence-electron chi connectivity index (χ3n) is 9.20. The van der Waals surface area contributed by atoms with E-state index in [9.17, 15) is 48.6 Å². The molecule has 26 heteroatoms. The summed E-state index contributed by atoms with van der Waals surface area (Å²) in [6.07, 6.45) is -1.67. The Bertz CT molecular complexity index is 2630. The number of carbonyl (C=O) groups is 7. The number of nitrogens with one attached hydrogen (secondary N) is 2. The van der Waals surface area contributed by atoms with Crippen molar-refractivity contribution in [2.24, 2.45) is 0 Å². The van der Waals surface area contributed by atoms with Crippen molar-refractivity contribution in [1.82, 2.24) is 35.7 Å². The average Bonchev–Trinajstić information content (AvgIpc) is 3.71. The molecular formula is C37H33N7O17S2. The molecule has 0 aliphatic carbocycles. The van der Waals surface area contributed by atoms with Gasteiger partial charge in [0.1, 0.15) is 52.2 Å². The Balaban J connectivity index is 1.41. The molecule has 330 valence electrons. The molecule has 0 radical (unpaired) electrons. The van der Waals surface area contributed by atoms with Crippen molar-refractivity contribution in [1.29, 1.82) is 0 Å². The van der Waals surface area contributed by atoms with Gasteiger partial charge in [0.2, 0.25) is 16.9 Å². The summed E-state index contributed by atoms with van der Waals surface area (Å²) in [4.78, 5) is 107. The van der Waals surface area contributed by atoms with Crippen LogP contribution in [0.5, 0.6) is 17.2 Å². The van der Waals surface area contributed by atoms with Gasteiger partial charge < -0.3 is 53.7 Å². The number of thiocarbonyl (C=S) groups is 1. The molecule has 4 N–H and O–H groups in total. The molecule has 0 saturated carbocycles.